The molecule has 0 spiro atoms. The van der Waals surface area contributed by atoms with E-state index >= 15 is 0 Å². The van der Waals surface area contributed by atoms with E-state index in [4.69, 9.17) is 0 Å². The van der Waals surface area contributed by atoms with Crippen LogP contribution in [-0.2, 0) is 4.79 Å². The van der Waals surface area contributed by atoms with Gasteiger partial charge in [-0.2, -0.15) is 0 Å². The molecule has 0 aromatic heterocycles. The zero-order valence-corrected chi connectivity index (χ0v) is 6.35. The molecule has 10 heavy (non-hydrogen) atoms. The molecule has 0 fully saturated rings. The van der Waals surface area contributed by atoms with Gasteiger partial charge in [-0.3, -0.25) is 4.79 Å². The smallest absolute Gasteiger partial charge is 0.161 e. The lowest BCUT2D eigenvalue weighted by Crippen LogP contribution is -2.15. The van der Waals surface area contributed by atoms with E-state index in [1.54, 1.807) is 6.92 Å². The van der Waals surface area contributed by atoms with Gasteiger partial charge in [0.1, 0.15) is 5.76 Å². The van der Waals surface area contributed by atoms with E-state index in [9.17, 15) is 9.90 Å². The van der Waals surface area contributed by atoms with Crippen molar-refractivity contribution < 1.29 is 9.90 Å². The third-order valence-corrected chi connectivity index (χ3v) is 2.07. The van der Waals surface area contributed by atoms with Crippen molar-refractivity contribution in [1.29, 1.82) is 0 Å². The van der Waals surface area contributed by atoms with Gasteiger partial charge in [-0.1, -0.05) is 6.92 Å². The first-order valence-corrected chi connectivity index (χ1v) is 3.56. The highest BCUT2D eigenvalue weighted by molar-refractivity contribution is 5.96. The number of carbonyl (C=O) groups excluding carboxylic acids is 1. The van der Waals surface area contributed by atoms with Crippen molar-refractivity contribution in [2.75, 3.05) is 0 Å². The lowest BCUT2D eigenvalue weighted by molar-refractivity contribution is -0.116. The summed E-state index contributed by atoms with van der Waals surface area (Å²) in [6.45, 7) is 3.62. The summed E-state index contributed by atoms with van der Waals surface area (Å²) < 4.78 is 0. The molecule has 2 heteroatoms. The van der Waals surface area contributed by atoms with Gasteiger partial charge in [0.15, 0.2) is 5.78 Å². The fourth-order valence-corrected chi connectivity index (χ4v) is 1.18. The lowest BCUT2D eigenvalue weighted by Gasteiger charge is -2.17. The molecule has 1 unspecified atom stereocenters. The van der Waals surface area contributed by atoms with Crippen LogP contribution in [0.4, 0.5) is 0 Å². The van der Waals surface area contributed by atoms with Crippen LogP contribution in [0.5, 0.6) is 0 Å². The van der Waals surface area contributed by atoms with Gasteiger partial charge in [0.05, 0.1) is 0 Å². The van der Waals surface area contributed by atoms with E-state index in [0.29, 0.717) is 12.0 Å². The average molecular weight is 140 g/mol. The Labute approximate surface area is 60.6 Å². The highest BCUT2D eigenvalue weighted by atomic mass is 16.3. The number of carbonyl (C=O) groups is 1. The largest absolute Gasteiger partial charge is 0.512 e. The summed E-state index contributed by atoms with van der Waals surface area (Å²) in [5.41, 5.74) is 0.554. The SMILES string of the molecule is CC1=C(O)C(C)CCC1=O. The Bertz CT molecular complexity index is 191. The summed E-state index contributed by atoms with van der Waals surface area (Å²) in [5.74, 6) is 0.560. The van der Waals surface area contributed by atoms with Crippen LogP contribution in [0, 0.1) is 5.92 Å². The monoisotopic (exact) mass is 140 g/mol. The summed E-state index contributed by atoms with van der Waals surface area (Å²) in [7, 11) is 0. The maximum Gasteiger partial charge on any atom is 0.161 e. The molecule has 1 atom stereocenters. The molecule has 1 aliphatic rings. The van der Waals surface area contributed by atoms with Crippen molar-refractivity contribution in [2.45, 2.75) is 26.7 Å². The molecule has 0 aromatic rings. The zero-order chi connectivity index (χ0) is 7.72. The maximum atomic E-state index is 10.9. The van der Waals surface area contributed by atoms with Gasteiger partial charge in [0, 0.05) is 17.9 Å². The minimum atomic E-state index is 0.0931. The molecule has 0 aliphatic heterocycles. The number of Topliss-reactive ketones (excluding diaryl/α,β-unsaturated/α-hetero) is 1. The van der Waals surface area contributed by atoms with Crippen LogP contribution in [0.3, 0.4) is 0 Å². The number of aliphatic hydroxyl groups is 1. The Morgan fingerprint density at radius 3 is 2.70 bits per heavy atom. The lowest BCUT2D eigenvalue weighted by atomic mass is 9.90. The molecule has 0 heterocycles. The number of hydrogen-bond donors (Lipinski definition) is 1. The Kier molecular flexibility index (Phi) is 1.79. The predicted octanol–water partition coefficient (Wildman–Crippen LogP) is 1.82. The van der Waals surface area contributed by atoms with Crippen LogP contribution in [-0.4, -0.2) is 10.9 Å². The molecule has 0 saturated heterocycles. The van der Waals surface area contributed by atoms with Gasteiger partial charge in [0.25, 0.3) is 0 Å². The van der Waals surface area contributed by atoms with Crippen molar-refractivity contribution in [3.05, 3.63) is 11.3 Å². The molecule has 0 saturated carbocycles. The van der Waals surface area contributed by atoms with Crippen LogP contribution in [0.25, 0.3) is 0 Å². The average Bonchev–Trinajstić information content (AvgIpc) is 1.93. The number of hydrogen-bond acceptors (Lipinski definition) is 2. The number of ketones is 1. The Hall–Kier alpha value is -0.790. The second-order valence-corrected chi connectivity index (χ2v) is 2.87. The summed E-state index contributed by atoms with van der Waals surface area (Å²) in [6, 6.07) is 0. The summed E-state index contributed by atoms with van der Waals surface area (Å²) >= 11 is 0. The van der Waals surface area contributed by atoms with Gasteiger partial charge < -0.3 is 5.11 Å². The zero-order valence-electron chi connectivity index (χ0n) is 6.35. The second kappa shape index (κ2) is 2.45. The third-order valence-electron chi connectivity index (χ3n) is 2.07. The van der Waals surface area contributed by atoms with E-state index in [1.807, 2.05) is 6.92 Å². The topological polar surface area (TPSA) is 37.3 Å². The molecule has 0 aromatic carbocycles. The van der Waals surface area contributed by atoms with Crippen LogP contribution in [0.15, 0.2) is 11.3 Å². The normalized spacial score (nSPS) is 27.4. The molecule has 1 aliphatic carbocycles. The summed E-state index contributed by atoms with van der Waals surface area (Å²) in [5, 5.41) is 9.28. The van der Waals surface area contributed by atoms with Gasteiger partial charge in [-0.15, -0.1) is 0 Å². The van der Waals surface area contributed by atoms with Crippen LogP contribution < -0.4 is 0 Å². The van der Waals surface area contributed by atoms with Gasteiger partial charge >= 0.3 is 0 Å². The third kappa shape index (κ3) is 1.06. The van der Waals surface area contributed by atoms with Crippen molar-refractivity contribution >= 4 is 5.78 Å². The van der Waals surface area contributed by atoms with Crippen molar-refractivity contribution in [3.63, 3.8) is 0 Å². The first-order valence-electron chi connectivity index (χ1n) is 3.56. The van der Waals surface area contributed by atoms with Gasteiger partial charge in [0.2, 0.25) is 0 Å². The summed E-state index contributed by atoms with van der Waals surface area (Å²) in [6.07, 6.45) is 1.39. The van der Waals surface area contributed by atoms with Crippen LogP contribution >= 0.6 is 0 Å². The van der Waals surface area contributed by atoms with Gasteiger partial charge in [-0.25, -0.2) is 0 Å². The molecular weight excluding hydrogens is 128 g/mol. The summed E-state index contributed by atoms with van der Waals surface area (Å²) in [4.78, 5) is 10.9. The minimum absolute atomic E-state index is 0.0931. The Balaban J connectivity index is 2.92. The van der Waals surface area contributed by atoms with Crippen molar-refractivity contribution in [1.82, 2.24) is 0 Å². The van der Waals surface area contributed by atoms with E-state index in [1.165, 1.54) is 0 Å². The van der Waals surface area contributed by atoms with Crippen molar-refractivity contribution in [3.8, 4) is 0 Å². The van der Waals surface area contributed by atoms with Crippen molar-refractivity contribution in [2.24, 2.45) is 5.92 Å². The molecule has 0 amide bonds. The predicted molar refractivity (Wildman–Crippen MR) is 38.7 cm³/mol. The maximum absolute atomic E-state index is 10.9. The molecule has 1 N–H and O–H groups in total. The molecule has 1 rings (SSSR count). The molecular formula is C8H12O2. The van der Waals surface area contributed by atoms with E-state index in [0.717, 1.165) is 6.42 Å². The fraction of sp³-hybridized carbons (Fsp3) is 0.625. The molecule has 0 bridgehead atoms. The number of allylic oxidation sites excluding steroid dienone is 2. The van der Waals surface area contributed by atoms with Gasteiger partial charge in [-0.05, 0) is 13.3 Å². The van der Waals surface area contributed by atoms with Crippen LogP contribution in [0.2, 0.25) is 0 Å². The second-order valence-electron chi connectivity index (χ2n) is 2.87. The molecule has 2 nitrogen and oxygen atoms in total. The number of aliphatic hydroxyl groups excluding tert-OH is 1. The van der Waals surface area contributed by atoms with E-state index < -0.39 is 0 Å². The Morgan fingerprint density at radius 1 is 1.60 bits per heavy atom. The van der Waals surface area contributed by atoms with Crippen LogP contribution in [0.1, 0.15) is 26.7 Å². The fourth-order valence-electron chi connectivity index (χ4n) is 1.18. The van der Waals surface area contributed by atoms with E-state index in [-0.39, 0.29) is 17.5 Å². The Morgan fingerprint density at radius 2 is 2.20 bits per heavy atom. The highest BCUT2D eigenvalue weighted by Gasteiger charge is 2.21. The first-order chi connectivity index (χ1) is 4.63. The first kappa shape index (κ1) is 7.32. The standard InChI is InChI=1S/C8H12O2/c1-5-3-4-7(9)6(2)8(5)10/h5,10H,3-4H2,1-2H3. The highest BCUT2D eigenvalue weighted by Crippen LogP contribution is 2.24. The molecule has 0 radical (unpaired) electrons. The number of rotatable bonds is 0. The molecule has 56 valence electrons. The quantitative estimate of drug-likeness (QED) is 0.557. The minimum Gasteiger partial charge on any atom is -0.512 e. The van der Waals surface area contributed by atoms with E-state index in [2.05, 4.69) is 0 Å².